The molecular formula is C24H32Cl3FN2O2. The molecule has 0 radical (unpaired) electrons. The van der Waals surface area contributed by atoms with Gasteiger partial charge in [0.1, 0.15) is 17.7 Å². The number of hydrogen-bond acceptors (Lipinski definition) is 4. The number of Topliss-reactive ketones (excluding diaryl/α,β-unsaturated/α-hetero) is 1. The van der Waals surface area contributed by atoms with Crippen molar-refractivity contribution in [2.75, 3.05) is 39.8 Å². The van der Waals surface area contributed by atoms with Crippen LogP contribution < -0.4 is 4.74 Å². The molecule has 178 valence electrons. The quantitative estimate of drug-likeness (QED) is 0.384. The van der Waals surface area contributed by atoms with E-state index in [1.54, 1.807) is 12.1 Å². The van der Waals surface area contributed by atoms with Crippen LogP contribution in [0, 0.1) is 5.82 Å². The fourth-order valence-electron chi connectivity index (χ4n) is 3.67. The van der Waals surface area contributed by atoms with Crippen molar-refractivity contribution in [2.24, 2.45) is 0 Å². The molecule has 0 N–H and O–H groups in total. The number of ketones is 1. The standard InChI is InChI=1S/C24H30ClFN2O2.2ClH/c1-27(14-2-3-24(29)19-4-8-21(26)9-5-19)17-18-28-15-12-23(13-16-28)30-22-10-6-20(25)7-11-22;;/h4-11,23H,2-3,12-18H2,1H3;2*1H. The third-order valence-electron chi connectivity index (χ3n) is 5.56. The maximum Gasteiger partial charge on any atom is 0.162 e. The van der Waals surface area contributed by atoms with Gasteiger partial charge in [-0.1, -0.05) is 11.6 Å². The first-order valence-corrected chi connectivity index (χ1v) is 11.0. The Morgan fingerprint density at radius 3 is 2.31 bits per heavy atom. The summed E-state index contributed by atoms with van der Waals surface area (Å²) in [4.78, 5) is 16.9. The van der Waals surface area contributed by atoms with Gasteiger partial charge in [-0.3, -0.25) is 4.79 Å². The molecule has 8 heteroatoms. The molecule has 0 saturated carbocycles. The van der Waals surface area contributed by atoms with Gasteiger partial charge in [0.15, 0.2) is 5.78 Å². The van der Waals surface area contributed by atoms with Gasteiger partial charge in [0.25, 0.3) is 0 Å². The van der Waals surface area contributed by atoms with Crippen LogP contribution in [0.25, 0.3) is 0 Å². The van der Waals surface area contributed by atoms with Gasteiger partial charge >= 0.3 is 0 Å². The average Bonchev–Trinajstić information content (AvgIpc) is 2.75. The van der Waals surface area contributed by atoms with E-state index in [9.17, 15) is 9.18 Å². The topological polar surface area (TPSA) is 32.8 Å². The highest BCUT2D eigenvalue weighted by Crippen LogP contribution is 2.21. The molecule has 1 aliphatic rings. The molecule has 0 aliphatic carbocycles. The first kappa shape index (κ1) is 28.7. The van der Waals surface area contributed by atoms with E-state index in [-0.39, 0.29) is 42.5 Å². The second-order valence-electron chi connectivity index (χ2n) is 7.95. The number of ether oxygens (including phenoxy) is 1. The molecule has 2 aromatic carbocycles. The Morgan fingerprint density at radius 1 is 1.06 bits per heavy atom. The summed E-state index contributed by atoms with van der Waals surface area (Å²) in [7, 11) is 2.10. The predicted octanol–water partition coefficient (Wildman–Crippen LogP) is 5.76. The normalized spacial score (nSPS) is 14.5. The van der Waals surface area contributed by atoms with Gasteiger partial charge in [-0.05, 0) is 81.4 Å². The third kappa shape index (κ3) is 9.63. The Bertz CT molecular complexity index is 798. The van der Waals surface area contributed by atoms with Gasteiger partial charge < -0.3 is 14.5 Å². The first-order valence-electron chi connectivity index (χ1n) is 10.6. The maximum absolute atomic E-state index is 12.9. The molecule has 0 atom stereocenters. The molecule has 1 aliphatic heterocycles. The summed E-state index contributed by atoms with van der Waals surface area (Å²) in [5.41, 5.74) is 0.586. The van der Waals surface area contributed by atoms with Crippen LogP contribution in [-0.4, -0.2) is 61.5 Å². The number of carbonyl (C=O) groups excluding carboxylic acids is 1. The van der Waals surface area contributed by atoms with Crippen molar-refractivity contribution in [1.82, 2.24) is 9.80 Å². The summed E-state index contributed by atoms with van der Waals surface area (Å²) in [6.45, 7) is 4.96. The van der Waals surface area contributed by atoms with Gasteiger partial charge in [0.05, 0.1) is 0 Å². The molecule has 0 spiro atoms. The number of halogens is 4. The number of likely N-dealkylation sites (N-methyl/N-ethyl adjacent to an activating group) is 1. The summed E-state index contributed by atoms with van der Waals surface area (Å²) in [6, 6.07) is 13.3. The van der Waals surface area contributed by atoms with Crippen LogP contribution in [0.5, 0.6) is 5.75 Å². The highest BCUT2D eigenvalue weighted by atomic mass is 35.5. The molecule has 0 unspecified atom stereocenters. The van der Waals surface area contributed by atoms with Crippen molar-refractivity contribution < 1.29 is 13.9 Å². The lowest BCUT2D eigenvalue weighted by Crippen LogP contribution is -2.41. The number of nitrogens with zero attached hydrogens (tertiary/aromatic N) is 2. The van der Waals surface area contributed by atoms with Gasteiger partial charge in [-0.25, -0.2) is 4.39 Å². The number of likely N-dealkylation sites (tertiary alicyclic amines) is 1. The molecule has 4 nitrogen and oxygen atoms in total. The molecule has 32 heavy (non-hydrogen) atoms. The van der Waals surface area contributed by atoms with Crippen molar-refractivity contribution in [1.29, 1.82) is 0 Å². The third-order valence-corrected chi connectivity index (χ3v) is 5.81. The van der Waals surface area contributed by atoms with Crippen LogP contribution in [0.2, 0.25) is 5.02 Å². The average molecular weight is 506 g/mol. The van der Waals surface area contributed by atoms with Crippen molar-refractivity contribution in [3.8, 4) is 5.75 Å². The van der Waals surface area contributed by atoms with Crippen molar-refractivity contribution in [3.05, 3.63) is 64.9 Å². The Morgan fingerprint density at radius 2 is 1.69 bits per heavy atom. The van der Waals surface area contributed by atoms with Gasteiger partial charge in [0, 0.05) is 43.2 Å². The molecular weight excluding hydrogens is 474 g/mol. The van der Waals surface area contributed by atoms with E-state index in [0.717, 1.165) is 62.8 Å². The van der Waals surface area contributed by atoms with E-state index in [0.29, 0.717) is 12.0 Å². The number of benzene rings is 2. The van der Waals surface area contributed by atoms with Crippen molar-refractivity contribution in [2.45, 2.75) is 31.8 Å². The maximum atomic E-state index is 12.9. The molecule has 3 rings (SSSR count). The molecule has 1 heterocycles. The fourth-order valence-corrected chi connectivity index (χ4v) is 3.80. The second-order valence-corrected chi connectivity index (χ2v) is 8.39. The number of carbonyl (C=O) groups is 1. The van der Waals surface area contributed by atoms with Crippen LogP contribution in [-0.2, 0) is 0 Å². The highest BCUT2D eigenvalue weighted by molar-refractivity contribution is 6.30. The number of hydrogen-bond donors (Lipinski definition) is 0. The minimum Gasteiger partial charge on any atom is -0.490 e. The zero-order chi connectivity index (χ0) is 21.3. The van der Waals surface area contributed by atoms with Gasteiger partial charge in [-0.15, -0.1) is 24.8 Å². The van der Waals surface area contributed by atoms with Crippen molar-refractivity contribution >= 4 is 42.2 Å². The van der Waals surface area contributed by atoms with Crippen molar-refractivity contribution in [3.63, 3.8) is 0 Å². The smallest absolute Gasteiger partial charge is 0.162 e. The summed E-state index contributed by atoms with van der Waals surface area (Å²) in [6.07, 6.45) is 3.61. The Labute approximate surface area is 207 Å². The van der Waals surface area contributed by atoms with E-state index in [1.165, 1.54) is 12.1 Å². The molecule has 0 amide bonds. The predicted molar refractivity (Wildman–Crippen MR) is 133 cm³/mol. The monoisotopic (exact) mass is 504 g/mol. The van der Waals surface area contributed by atoms with Crippen LogP contribution in [0.1, 0.15) is 36.0 Å². The van der Waals surface area contributed by atoms with E-state index in [4.69, 9.17) is 16.3 Å². The van der Waals surface area contributed by atoms with Gasteiger partial charge in [-0.2, -0.15) is 0 Å². The van der Waals surface area contributed by atoms with Crippen LogP contribution in [0.15, 0.2) is 48.5 Å². The lowest BCUT2D eigenvalue weighted by atomic mass is 10.1. The molecule has 2 aromatic rings. The second kappa shape index (κ2) is 14.7. The first-order chi connectivity index (χ1) is 14.5. The molecule has 1 fully saturated rings. The van der Waals surface area contributed by atoms with Gasteiger partial charge in [0.2, 0.25) is 0 Å². The van der Waals surface area contributed by atoms with E-state index in [1.807, 2.05) is 24.3 Å². The number of piperidine rings is 1. The summed E-state index contributed by atoms with van der Waals surface area (Å²) in [5, 5.41) is 0.723. The van der Waals surface area contributed by atoms with Crippen LogP contribution >= 0.6 is 36.4 Å². The molecule has 0 bridgehead atoms. The van der Waals surface area contributed by atoms with E-state index in [2.05, 4.69) is 16.8 Å². The summed E-state index contributed by atoms with van der Waals surface area (Å²) in [5.74, 6) is 0.644. The van der Waals surface area contributed by atoms with E-state index < -0.39 is 0 Å². The minimum absolute atomic E-state index is 0. The molecule has 0 aromatic heterocycles. The Kier molecular flexibility index (Phi) is 13.2. The van der Waals surface area contributed by atoms with Crippen LogP contribution in [0.4, 0.5) is 4.39 Å². The summed E-state index contributed by atoms with van der Waals surface area (Å²) < 4.78 is 19.0. The Hall–Kier alpha value is -1.37. The highest BCUT2D eigenvalue weighted by Gasteiger charge is 2.20. The zero-order valence-corrected chi connectivity index (χ0v) is 20.7. The van der Waals surface area contributed by atoms with Crippen LogP contribution in [0.3, 0.4) is 0 Å². The Balaban J connectivity index is 0.00000256. The SMILES string of the molecule is CN(CCCC(=O)c1ccc(F)cc1)CCN1CCC(Oc2ccc(Cl)cc2)CC1.Cl.Cl. The molecule has 1 saturated heterocycles. The number of rotatable bonds is 10. The zero-order valence-electron chi connectivity index (χ0n) is 18.3. The minimum atomic E-state index is -0.313. The van der Waals surface area contributed by atoms with E-state index >= 15 is 0 Å². The largest absolute Gasteiger partial charge is 0.490 e. The summed E-state index contributed by atoms with van der Waals surface area (Å²) >= 11 is 5.92. The fraction of sp³-hybridized carbons (Fsp3) is 0.458. The lowest BCUT2D eigenvalue weighted by Gasteiger charge is -2.33. The lowest BCUT2D eigenvalue weighted by molar-refractivity contribution is 0.0938.